The molecule has 1 aliphatic rings. The number of fused-ring (bicyclic) bond motifs is 1. The highest BCUT2D eigenvalue weighted by atomic mass is 32.1. The maximum Gasteiger partial charge on any atom is 0.251 e. The Labute approximate surface area is 127 Å². The molecule has 110 valence electrons. The molecule has 1 aliphatic heterocycles. The standard InChI is InChI=1S/C16H17NO3S/c1-10(2)15(14-4-3-7-21-14)17-16(18)11-5-6-12-13(8-11)20-9-19-12/h3-8,10,15H,9H2,1-2H3,(H,17,18)/t15-/m1/s1. The van der Waals surface area contributed by atoms with E-state index in [1.165, 1.54) is 4.88 Å². The third-order valence-corrected chi connectivity index (χ3v) is 4.39. The Kier molecular flexibility index (Phi) is 3.84. The lowest BCUT2D eigenvalue weighted by atomic mass is 10.0. The Morgan fingerprint density at radius 2 is 2.05 bits per heavy atom. The van der Waals surface area contributed by atoms with E-state index in [0.717, 1.165) is 0 Å². The van der Waals surface area contributed by atoms with E-state index in [1.54, 1.807) is 29.5 Å². The normalized spacial score (nSPS) is 14.2. The second kappa shape index (κ2) is 5.77. The van der Waals surface area contributed by atoms with Crippen LogP contribution in [0.25, 0.3) is 0 Å². The molecule has 0 saturated heterocycles. The fourth-order valence-corrected chi connectivity index (χ4v) is 3.25. The van der Waals surface area contributed by atoms with Crippen LogP contribution in [-0.4, -0.2) is 12.7 Å². The first-order valence-electron chi connectivity index (χ1n) is 6.89. The number of thiophene rings is 1. The molecule has 1 aromatic heterocycles. The van der Waals surface area contributed by atoms with Crippen molar-refractivity contribution in [3.63, 3.8) is 0 Å². The molecule has 4 nitrogen and oxygen atoms in total. The fraction of sp³-hybridized carbons (Fsp3) is 0.312. The van der Waals surface area contributed by atoms with E-state index < -0.39 is 0 Å². The van der Waals surface area contributed by atoms with Gasteiger partial charge in [0.2, 0.25) is 6.79 Å². The van der Waals surface area contributed by atoms with Gasteiger partial charge < -0.3 is 14.8 Å². The molecule has 0 saturated carbocycles. The number of ether oxygens (including phenoxy) is 2. The summed E-state index contributed by atoms with van der Waals surface area (Å²) >= 11 is 1.66. The molecular weight excluding hydrogens is 286 g/mol. The van der Waals surface area contributed by atoms with E-state index >= 15 is 0 Å². The number of nitrogens with one attached hydrogen (secondary N) is 1. The van der Waals surface area contributed by atoms with Gasteiger partial charge in [0.25, 0.3) is 5.91 Å². The van der Waals surface area contributed by atoms with Crippen molar-refractivity contribution in [2.45, 2.75) is 19.9 Å². The number of benzene rings is 1. The van der Waals surface area contributed by atoms with Crippen molar-refractivity contribution in [1.29, 1.82) is 0 Å². The smallest absolute Gasteiger partial charge is 0.251 e. The Bertz CT molecular complexity index is 637. The van der Waals surface area contributed by atoms with Gasteiger partial charge in [0.05, 0.1) is 6.04 Å². The largest absolute Gasteiger partial charge is 0.454 e. The number of hydrogen-bond donors (Lipinski definition) is 1. The van der Waals surface area contributed by atoms with Crippen LogP contribution in [0.4, 0.5) is 0 Å². The van der Waals surface area contributed by atoms with Crippen LogP contribution in [0.5, 0.6) is 11.5 Å². The number of hydrogen-bond acceptors (Lipinski definition) is 4. The molecule has 1 aromatic carbocycles. The summed E-state index contributed by atoms with van der Waals surface area (Å²) < 4.78 is 10.6. The molecule has 1 N–H and O–H groups in total. The quantitative estimate of drug-likeness (QED) is 0.938. The zero-order valence-corrected chi connectivity index (χ0v) is 12.8. The monoisotopic (exact) mass is 303 g/mol. The highest BCUT2D eigenvalue weighted by Gasteiger charge is 2.21. The molecule has 0 fully saturated rings. The fourth-order valence-electron chi connectivity index (χ4n) is 2.30. The van der Waals surface area contributed by atoms with E-state index in [4.69, 9.17) is 9.47 Å². The van der Waals surface area contributed by atoms with Crippen LogP contribution in [-0.2, 0) is 0 Å². The van der Waals surface area contributed by atoms with E-state index in [9.17, 15) is 4.79 Å². The van der Waals surface area contributed by atoms with Gasteiger partial charge in [-0.05, 0) is 35.6 Å². The van der Waals surface area contributed by atoms with E-state index in [0.29, 0.717) is 23.0 Å². The summed E-state index contributed by atoms with van der Waals surface area (Å²) in [5.74, 6) is 1.53. The van der Waals surface area contributed by atoms with E-state index in [1.807, 2.05) is 11.4 Å². The summed E-state index contributed by atoms with van der Waals surface area (Å²) in [6, 6.07) is 9.32. The van der Waals surface area contributed by atoms with Crippen molar-refractivity contribution >= 4 is 17.2 Å². The van der Waals surface area contributed by atoms with Crippen molar-refractivity contribution in [2.75, 3.05) is 6.79 Å². The highest BCUT2D eigenvalue weighted by molar-refractivity contribution is 7.10. The number of amides is 1. The average Bonchev–Trinajstić information content (AvgIpc) is 3.14. The van der Waals surface area contributed by atoms with Gasteiger partial charge in [-0.25, -0.2) is 0 Å². The second-order valence-corrected chi connectivity index (χ2v) is 6.26. The van der Waals surface area contributed by atoms with Gasteiger partial charge in [-0.1, -0.05) is 19.9 Å². The highest BCUT2D eigenvalue weighted by Crippen LogP contribution is 2.33. The van der Waals surface area contributed by atoms with Crippen LogP contribution in [0.3, 0.4) is 0 Å². The Balaban J connectivity index is 1.78. The third-order valence-electron chi connectivity index (χ3n) is 3.44. The van der Waals surface area contributed by atoms with Crippen LogP contribution in [0.1, 0.15) is 35.1 Å². The maximum absolute atomic E-state index is 12.5. The van der Waals surface area contributed by atoms with Gasteiger partial charge >= 0.3 is 0 Å². The minimum absolute atomic E-state index is 0.0166. The summed E-state index contributed by atoms with van der Waals surface area (Å²) in [6.07, 6.45) is 0. The summed E-state index contributed by atoms with van der Waals surface area (Å²) in [7, 11) is 0. The molecule has 0 unspecified atom stereocenters. The van der Waals surface area contributed by atoms with Gasteiger partial charge in [0, 0.05) is 10.4 Å². The maximum atomic E-state index is 12.5. The first-order chi connectivity index (χ1) is 10.1. The number of carbonyl (C=O) groups excluding carboxylic acids is 1. The van der Waals surface area contributed by atoms with Crippen LogP contribution in [0.15, 0.2) is 35.7 Å². The van der Waals surface area contributed by atoms with Gasteiger partial charge in [-0.3, -0.25) is 4.79 Å². The van der Waals surface area contributed by atoms with Crippen molar-refractivity contribution in [2.24, 2.45) is 5.92 Å². The van der Waals surface area contributed by atoms with Crippen LogP contribution < -0.4 is 14.8 Å². The predicted molar refractivity (Wildman–Crippen MR) is 81.9 cm³/mol. The SMILES string of the molecule is CC(C)[C@@H](NC(=O)c1ccc2c(c1)OCO2)c1cccs1. The molecule has 0 radical (unpaired) electrons. The summed E-state index contributed by atoms with van der Waals surface area (Å²) in [4.78, 5) is 13.6. The van der Waals surface area contributed by atoms with E-state index in [-0.39, 0.29) is 18.7 Å². The summed E-state index contributed by atoms with van der Waals surface area (Å²) in [5.41, 5.74) is 0.585. The average molecular weight is 303 g/mol. The zero-order valence-electron chi connectivity index (χ0n) is 12.0. The van der Waals surface area contributed by atoms with E-state index in [2.05, 4.69) is 25.2 Å². The lowest BCUT2D eigenvalue weighted by molar-refractivity contribution is 0.0926. The molecule has 1 atom stereocenters. The van der Waals surface area contributed by atoms with Crippen molar-refractivity contribution in [1.82, 2.24) is 5.32 Å². The summed E-state index contributed by atoms with van der Waals surface area (Å²) in [5, 5.41) is 5.13. The Morgan fingerprint density at radius 1 is 1.24 bits per heavy atom. The van der Waals surface area contributed by atoms with Gasteiger partial charge in [-0.2, -0.15) is 0 Å². The molecule has 5 heteroatoms. The molecular formula is C16H17NO3S. The van der Waals surface area contributed by atoms with Gasteiger partial charge in [0.15, 0.2) is 11.5 Å². The molecule has 3 rings (SSSR count). The van der Waals surface area contributed by atoms with Crippen molar-refractivity contribution in [3.05, 3.63) is 46.2 Å². The molecule has 0 aliphatic carbocycles. The van der Waals surface area contributed by atoms with Crippen molar-refractivity contribution in [3.8, 4) is 11.5 Å². The van der Waals surface area contributed by atoms with Crippen molar-refractivity contribution < 1.29 is 14.3 Å². The first kappa shape index (κ1) is 13.9. The molecule has 21 heavy (non-hydrogen) atoms. The minimum Gasteiger partial charge on any atom is -0.454 e. The topological polar surface area (TPSA) is 47.6 Å². The summed E-state index contributed by atoms with van der Waals surface area (Å²) in [6.45, 7) is 4.42. The van der Waals surface area contributed by atoms with Crippen LogP contribution >= 0.6 is 11.3 Å². The Morgan fingerprint density at radius 3 is 2.76 bits per heavy atom. The molecule has 2 aromatic rings. The molecule has 1 amide bonds. The lowest BCUT2D eigenvalue weighted by Gasteiger charge is -2.21. The second-order valence-electron chi connectivity index (χ2n) is 5.28. The third kappa shape index (κ3) is 2.88. The number of rotatable bonds is 4. The van der Waals surface area contributed by atoms with Gasteiger partial charge in [-0.15, -0.1) is 11.3 Å². The zero-order chi connectivity index (χ0) is 14.8. The molecule has 0 spiro atoms. The lowest BCUT2D eigenvalue weighted by Crippen LogP contribution is -2.31. The van der Waals surface area contributed by atoms with Crippen LogP contribution in [0, 0.1) is 5.92 Å². The first-order valence-corrected chi connectivity index (χ1v) is 7.77. The van der Waals surface area contributed by atoms with Gasteiger partial charge in [0.1, 0.15) is 0 Å². The Hall–Kier alpha value is -2.01. The molecule has 2 heterocycles. The minimum atomic E-state index is -0.0969. The number of carbonyl (C=O) groups is 1. The van der Waals surface area contributed by atoms with Crippen LogP contribution in [0.2, 0.25) is 0 Å². The predicted octanol–water partition coefficient (Wildman–Crippen LogP) is 3.60. The molecule has 0 bridgehead atoms.